The Labute approximate surface area is 154 Å². The van der Waals surface area contributed by atoms with Crippen molar-refractivity contribution < 1.29 is 23.1 Å². The maximum absolute atomic E-state index is 11.1. The lowest BCUT2D eigenvalue weighted by atomic mass is 10.1. The lowest BCUT2D eigenvalue weighted by Gasteiger charge is -2.13. The van der Waals surface area contributed by atoms with Gasteiger partial charge >= 0.3 is 7.60 Å². The monoisotopic (exact) mass is 392 g/mol. The predicted octanol–water partition coefficient (Wildman–Crippen LogP) is 5.30. The second kappa shape index (κ2) is 12.8. The molecule has 0 aliphatic rings. The van der Waals surface area contributed by atoms with Crippen LogP contribution >= 0.6 is 7.60 Å². The van der Waals surface area contributed by atoms with Gasteiger partial charge in [-0.25, -0.2) is 4.21 Å². The standard InChI is InChI=1S/C18H33O5PS/c1-15(2)9-7-11-17(4)13-8-12-16(3)10-5-6-14-18(25(22)23)24(19,20)21/h9-10,13,18H,5-8,11-12,14H2,1-4H3,(H,22,23)(H2,19,20,21). The summed E-state index contributed by atoms with van der Waals surface area (Å²) in [6, 6.07) is 0. The lowest BCUT2D eigenvalue weighted by Crippen LogP contribution is -2.14. The second-order valence-electron chi connectivity index (χ2n) is 6.71. The van der Waals surface area contributed by atoms with Gasteiger partial charge < -0.3 is 14.3 Å². The van der Waals surface area contributed by atoms with Gasteiger partial charge in [0.05, 0.1) is 0 Å². The highest BCUT2D eigenvalue weighted by Crippen LogP contribution is 2.45. The number of unbranched alkanes of at least 4 members (excludes halogenated alkanes) is 1. The van der Waals surface area contributed by atoms with Gasteiger partial charge in [-0.05, 0) is 72.6 Å². The molecule has 0 aliphatic carbocycles. The van der Waals surface area contributed by atoms with Crippen LogP contribution in [-0.4, -0.2) is 23.5 Å². The van der Waals surface area contributed by atoms with Crippen molar-refractivity contribution in [3.8, 4) is 0 Å². The summed E-state index contributed by atoms with van der Waals surface area (Å²) in [5.74, 6) is 0. The maximum Gasteiger partial charge on any atom is 0.343 e. The van der Waals surface area contributed by atoms with E-state index in [0.717, 1.165) is 25.7 Å². The van der Waals surface area contributed by atoms with Crippen molar-refractivity contribution in [2.45, 2.75) is 77.6 Å². The molecule has 0 saturated heterocycles. The van der Waals surface area contributed by atoms with E-state index in [-0.39, 0.29) is 6.42 Å². The van der Waals surface area contributed by atoms with E-state index in [2.05, 4.69) is 32.9 Å². The molecule has 0 aromatic heterocycles. The third kappa shape index (κ3) is 13.4. The summed E-state index contributed by atoms with van der Waals surface area (Å²) in [6.45, 7) is 8.40. The molecule has 0 rings (SSSR count). The highest BCUT2D eigenvalue weighted by atomic mass is 32.2. The summed E-state index contributed by atoms with van der Waals surface area (Å²) in [7, 11) is -4.52. The van der Waals surface area contributed by atoms with Gasteiger partial charge in [0.1, 0.15) is 0 Å². The Bertz CT molecular complexity index is 556. The molecule has 25 heavy (non-hydrogen) atoms. The molecular weight excluding hydrogens is 359 g/mol. The zero-order valence-corrected chi connectivity index (χ0v) is 17.5. The Hall–Kier alpha value is -0.520. The fourth-order valence-corrected chi connectivity index (χ4v) is 4.19. The van der Waals surface area contributed by atoms with E-state index in [0.29, 0.717) is 12.8 Å². The third-order valence-corrected chi connectivity index (χ3v) is 6.95. The van der Waals surface area contributed by atoms with Crippen molar-refractivity contribution >= 4 is 18.7 Å². The molecule has 0 amide bonds. The van der Waals surface area contributed by atoms with Gasteiger partial charge in [0, 0.05) is 0 Å². The highest BCUT2D eigenvalue weighted by Gasteiger charge is 2.33. The average Bonchev–Trinajstić information content (AvgIpc) is 2.44. The molecule has 0 aliphatic heterocycles. The van der Waals surface area contributed by atoms with Crippen LogP contribution in [0.1, 0.15) is 72.6 Å². The summed E-state index contributed by atoms with van der Waals surface area (Å²) in [6.07, 6.45) is 11.8. The van der Waals surface area contributed by atoms with Gasteiger partial charge in [0.25, 0.3) is 0 Å². The van der Waals surface area contributed by atoms with Crippen molar-refractivity contribution in [3.05, 3.63) is 34.9 Å². The van der Waals surface area contributed by atoms with Gasteiger partial charge in [-0.1, -0.05) is 34.9 Å². The minimum Gasteiger partial charge on any atom is -0.324 e. The summed E-state index contributed by atoms with van der Waals surface area (Å²) >= 11 is -2.50. The van der Waals surface area contributed by atoms with E-state index >= 15 is 0 Å². The molecule has 0 saturated carbocycles. The summed E-state index contributed by atoms with van der Waals surface area (Å²) < 4.78 is 31.1. The van der Waals surface area contributed by atoms with Gasteiger partial charge in [-0.2, -0.15) is 0 Å². The van der Waals surface area contributed by atoms with E-state index in [1.165, 1.54) is 16.7 Å². The Morgan fingerprint density at radius 1 is 0.960 bits per heavy atom. The zero-order chi connectivity index (χ0) is 19.5. The first-order chi connectivity index (χ1) is 11.5. The Kier molecular flexibility index (Phi) is 12.5. The van der Waals surface area contributed by atoms with Gasteiger partial charge in [0.15, 0.2) is 16.1 Å². The van der Waals surface area contributed by atoms with Gasteiger partial charge in [0.2, 0.25) is 0 Å². The first-order valence-electron chi connectivity index (χ1n) is 8.63. The van der Waals surface area contributed by atoms with Crippen molar-refractivity contribution in [1.29, 1.82) is 0 Å². The van der Waals surface area contributed by atoms with Crippen LogP contribution < -0.4 is 0 Å². The minimum absolute atomic E-state index is 0.0422. The SMILES string of the molecule is CC(C)=CCCC(C)=CCCC(C)=CCCCC(S(=O)O)P(=O)(O)O. The van der Waals surface area contributed by atoms with Crippen LogP contribution in [-0.2, 0) is 15.6 Å². The lowest BCUT2D eigenvalue weighted by molar-refractivity contribution is 0.364. The molecule has 3 N–H and O–H groups in total. The maximum atomic E-state index is 11.1. The minimum atomic E-state index is -4.52. The van der Waals surface area contributed by atoms with Crippen LogP contribution in [0.5, 0.6) is 0 Å². The third-order valence-electron chi connectivity index (χ3n) is 3.88. The van der Waals surface area contributed by atoms with E-state index in [4.69, 9.17) is 14.3 Å². The van der Waals surface area contributed by atoms with Crippen LogP contribution in [0, 0.1) is 0 Å². The normalized spacial score (nSPS) is 15.8. The molecule has 0 bridgehead atoms. The quantitative estimate of drug-likeness (QED) is 0.181. The number of hydrogen-bond acceptors (Lipinski definition) is 2. The Morgan fingerprint density at radius 3 is 1.88 bits per heavy atom. The first kappa shape index (κ1) is 24.5. The molecule has 0 aromatic carbocycles. The molecule has 2 atom stereocenters. The average molecular weight is 392 g/mol. The number of hydrogen-bond donors (Lipinski definition) is 3. The molecule has 146 valence electrons. The van der Waals surface area contributed by atoms with Crippen molar-refractivity contribution in [1.82, 2.24) is 0 Å². The molecule has 2 unspecified atom stereocenters. The zero-order valence-electron chi connectivity index (χ0n) is 15.8. The first-order valence-corrected chi connectivity index (χ1v) is 11.5. The van der Waals surface area contributed by atoms with Crippen molar-refractivity contribution in [2.24, 2.45) is 0 Å². The van der Waals surface area contributed by atoms with Crippen LogP contribution in [0.4, 0.5) is 0 Å². The van der Waals surface area contributed by atoms with Crippen LogP contribution in [0.3, 0.4) is 0 Å². The molecule has 0 fully saturated rings. The molecule has 7 heteroatoms. The summed E-state index contributed by atoms with van der Waals surface area (Å²) in [5.41, 5.74) is 3.96. The molecule has 0 radical (unpaired) electrons. The molecule has 0 spiro atoms. The fourth-order valence-electron chi connectivity index (χ4n) is 2.37. The number of rotatable bonds is 12. The van der Waals surface area contributed by atoms with E-state index in [1.54, 1.807) is 0 Å². The molecule has 0 aromatic rings. The summed E-state index contributed by atoms with van der Waals surface area (Å²) in [5, 5.41) is 0. The molecule has 5 nitrogen and oxygen atoms in total. The van der Waals surface area contributed by atoms with Crippen molar-refractivity contribution in [3.63, 3.8) is 0 Å². The van der Waals surface area contributed by atoms with E-state index in [9.17, 15) is 8.77 Å². The second-order valence-corrected chi connectivity index (χ2v) is 9.98. The topological polar surface area (TPSA) is 94.8 Å². The fraction of sp³-hybridized carbons (Fsp3) is 0.667. The van der Waals surface area contributed by atoms with Gasteiger partial charge in [-0.3, -0.25) is 4.57 Å². The Balaban J connectivity index is 4.16. The van der Waals surface area contributed by atoms with Crippen LogP contribution in [0.15, 0.2) is 34.9 Å². The smallest absolute Gasteiger partial charge is 0.324 e. The van der Waals surface area contributed by atoms with Gasteiger partial charge in [-0.15, -0.1) is 0 Å². The highest BCUT2D eigenvalue weighted by molar-refractivity contribution is 7.88. The predicted molar refractivity (Wildman–Crippen MR) is 106 cm³/mol. The largest absolute Gasteiger partial charge is 0.343 e. The van der Waals surface area contributed by atoms with Crippen molar-refractivity contribution in [2.75, 3.05) is 0 Å². The molecular formula is C18H33O5PS. The number of allylic oxidation sites excluding steroid dienone is 6. The molecule has 0 heterocycles. The summed E-state index contributed by atoms with van der Waals surface area (Å²) in [4.78, 5) is 16.6. The van der Waals surface area contributed by atoms with Crippen LogP contribution in [0.2, 0.25) is 0 Å². The Morgan fingerprint density at radius 2 is 1.44 bits per heavy atom. The van der Waals surface area contributed by atoms with E-state index in [1.807, 2.05) is 13.0 Å². The van der Waals surface area contributed by atoms with Crippen LogP contribution in [0.25, 0.3) is 0 Å². The van der Waals surface area contributed by atoms with E-state index < -0.39 is 23.7 Å².